The van der Waals surface area contributed by atoms with Crippen molar-refractivity contribution in [3.63, 3.8) is 0 Å². The van der Waals surface area contributed by atoms with Crippen LogP contribution >= 0.6 is 15.9 Å². The highest BCUT2D eigenvalue weighted by Crippen LogP contribution is 2.15. The van der Waals surface area contributed by atoms with Crippen molar-refractivity contribution in [1.82, 2.24) is 10.6 Å². The maximum absolute atomic E-state index is 13.6. The van der Waals surface area contributed by atoms with Gasteiger partial charge in [0.1, 0.15) is 5.82 Å². The van der Waals surface area contributed by atoms with Crippen molar-refractivity contribution in [2.24, 2.45) is 5.92 Å². The van der Waals surface area contributed by atoms with Gasteiger partial charge in [0.25, 0.3) is 0 Å². The van der Waals surface area contributed by atoms with Gasteiger partial charge in [0, 0.05) is 23.1 Å². The maximum Gasteiger partial charge on any atom is 0.236 e. The first-order chi connectivity index (χ1) is 8.90. The van der Waals surface area contributed by atoms with Crippen molar-refractivity contribution >= 4 is 21.8 Å². The Morgan fingerprint density at radius 3 is 2.63 bits per heavy atom. The third kappa shape index (κ3) is 5.70. The number of carbonyl (C=O) groups excluding carboxylic acids is 1. The average molecular weight is 331 g/mol. The van der Waals surface area contributed by atoms with E-state index in [0.29, 0.717) is 29.0 Å². The molecule has 1 amide bonds. The molecule has 0 aliphatic heterocycles. The molecule has 1 aromatic rings. The van der Waals surface area contributed by atoms with Crippen LogP contribution in [0.15, 0.2) is 22.7 Å². The van der Waals surface area contributed by atoms with Gasteiger partial charge in [-0.3, -0.25) is 4.79 Å². The molecule has 1 rings (SSSR count). The molecule has 3 nitrogen and oxygen atoms in total. The summed E-state index contributed by atoms with van der Waals surface area (Å²) >= 11 is 3.21. The van der Waals surface area contributed by atoms with E-state index >= 15 is 0 Å². The van der Waals surface area contributed by atoms with E-state index in [1.54, 1.807) is 19.1 Å². The molecule has 0 saturated carbocycles. The van der Waals surface area contributed by atoms with Crippen molar-refractivity contribution in [2.75, 3.05) is 6.54 Å². The number of hydrogen-bond donors (Lipinski definition) is 2. The van der Waals surface area contributed by atoms with Gasteiger partial charge in [0.2, 0.25) is 5.91 Å². The lowest BCUT2D eigenvalue weighted by atomic mass is 10.2. The van der Waals surface area contributed by atoms with Crippen LogP contribution in [0, 0.1) is 11.7 Å². The molecule has 0 aliphatic carbocycles. The molecule has 1 atom stereocenters. The first-order valence-electron chi connectivity index (χ1n) is 6.35. The SMILES string of the molecule is CC(C)CNC(=O)C(C)NCc1ccc(Br)cc1F. The molecule has 0 fully saturated rings. The highest BCUT2D eigenvalue weighted by molar-refractivity contribution is 9.10. The number of halogens is 2. The van der Waals surface area contributed by atoms with Crippen molar-refractivity contribution in [3.05, 3.63) is 34.1 Å². The normalized spacial score (nSPS) is 12.5. The summed E-state index contributed by atoms with van der Waals surface area (Å²) in [4.78, 5) is 11.7. The topological polar surface area (TPSA) is 41.1 Å². The Morgan fingerprint density at radius 2 is 2.05 bits per heavy atom. The molecule has 0 aromatic heterocycles. The Hall–Kier alpha value is -0.940. The molecule has 19 heavy (non-hydrogen) atoms. The minimum atomic E-state index is -0.346. The first-order valence-corrected chi connectivity index (χ1v) is 7.14. The Balaban J connectivity index is 2.45. The van der Waals surface area contributed by atoms with E-state index in [0.717, 1.165) is 0 Å². The van der Waals surface area contributed by atoms with Gasteiger partial charge in [0.15, 0.2) is 0 Å². The van der Waals surface area contributed by atoms with Gasteiger partial charge in [-0.25, -0.2) is 4.39 Å². The number of rotatable bonds is 6. The van der Waals surface area contributed by atoms with E-state index in [2.05, 4.69) is 26.6 Å². The highest BCUT2D eigenvalue weighted by atomic mass is 79.9. The van der Waals surface area contributed by atoms with E-state index in [1.165, 1.54) is 6.07 Å². The lowest BCUT2D eigenvalue weighted by Gasteiger charge is -2.15. The zero-order valence-corrected chi connectivity index (χ0v) is 13.1. The standard InChI is InChI=1S/C14H20BrFN2O/c1-9(2)7-18-14(19)10(3)17-8-11-4-5-12(15)6-13(11)16/h4-6,9-10,17H,7-8H2,1-3H3,(H,18,19). The first kappa shape index (κ1) is 16.1. The predicted molar refractivity (Wildman–Crippen MR) is 78.2 cm³/mol. The van der Waals surface area contributed by atoms with Crippen LogP contribution in [-0.2, 0) is 11.3 Å². The molecule has 0 heterocycles. The summed E-state index contributed by atoms with van der Waals surface area (Å²) in [5.41, 5.74) is 0.548. The van der Waals surface area contributed by atoms with Crippen LogP contribution in [0.1, 0.15) is 26.3 Å². The van der Waals surface area contributed by atoms with Crippen LogP contribution in [-0.4, -0.2) is 18.5 Å². The lowest BCUT2D eigenvalue weighted by molar-refractivity contribution is -0.122. The summed E-state index contributed by atoms with van der Waals surface area (Å²) < 4.78 is 14.3. The Bertz CT molecular complexity index is 437. The van der Waals surface area contributed by atoms with Crippen molar-refractivity contribution in [2.45, 2.75) is 33.4 Å². The van der Waals surface area contributed by atoms with E-state index < -0.39 is 0 Å². The molecule has 0 aliphatic rings. The van der Waals surface area contributed by atoms with Crippen LogP contribution in [0.3, 0.4) is 0 Å². The number of amides is 1. The van der Waals surface area contributed by atoms with Gasteiger partial charge in [-0.1, -0.05) is 35.8 Å². The monoisotopic (exact) mass is 330 g/mol. The molecule has 106 valence electrons. The molecule has 2 N–H and O–H groups in total. The highest BCUT2D eigenvalue weighted by Gasteiger charge is 2.13. The summed E-state index contributed by atoms with van der Waals surface area (Å²) in [5.74, 6) is 0.0722. The minimum absolute atomic E-state index is 0.0637. The van der Waals surface area contributed by atoms with Gasteiger partial charge in [-0.15, -0.1) is 0 Å². The van der Waals surface area contributed by atoms with Crippen molar-refractivity contribution in [3.8, 4) is 0 Å². The van der Waals surface area contributed by atoms with E-state index in [-0.39, 0.29) is 17.8 Å². The van der Waals surface area contributed by atoms with Crippen molar-refractivity contribution in [1.29, 1.82) is 0 Å². The quantitative estimate of drug-likeness (QED) is 0.842. The van der Waals surface area contributed by atoms with Gasteiger partial charge in [0.05, 0.1) is 6.04 Å². The zero-order valence-electron chi connectivity index (χ0n) is 11.5. The van der Waals surface area contributed by atoms with Gasteiger partial charge >= 0.3 is 0 Å². The Morgan fingerprint density at radius 1 is 1.37 bits per heavy atom. The molecule has 0 radical (unpaired) electrons. The molecular formula is C14H20BrFN2O. The fraction of sp³-hybridized carbons (Fsp3) is 0.500. The third-order valence-electron chi connectivity index (χ3n) is 2.69. The Kier molecular flexibility index (Phi) is 6.45. The van der Waals surface area contributed by atoms with Crippen LogP contribution in [0.2, 0.25) is 0 Å². The molecule has 5 heteroatoms. The van der Waals surface area contributed by atoms with E-state index in [9.17, 15) is 9.18 Å². The molecule has 1 unspecified atom stereocenters. The summed E-state index contributed by atoms with van der Waals surface area (Å²) in [6, 6.07) is 4.55. The van der Waals surface area contributed by atoms with Crippen molar-refractivity contribution < 1.29 is 9.18 Å². The smallest absolute Gasteiger partial charge is 0.236 e. The predicted octanol–water partition coefficient (Wildman–Crippen LogP) is 2.84. The van der Waals surface area contributed by atoms with Crippen LogP contribution < -0.4 is 10.6 Å². The van der Waals surface area contributed by atoms with E-state index in [4.69, 9.17) is 0 Å². The second-order valence-electron chi connectivity index (χ2n) is 4.98. The van der Waals surface area contributed by atoms with Gasteiger partial charge in [-0.2, -0.15) is 0 Å². The average Bonchev–Trinajstić information content (AvgIpc) is 2.34. The third-order valence-corrected chi connectivity index (χ3v) is 3.18. The molecule has 0 bridgehead atoms. The van der Waals surface area contributed by atoms with E-state index in [1.807, 2.05) is 13.8 Å². The summed E-state index contributed by atoms with van der Waals surface area (Å²) in [5, 5.41) is 5.85. The summed E-state index contributed by atoms with van der Waals surface area (Å²) in [7, 11) is 0. The lowest BCUT2D eigenvalue weighted by Crippen LogP contribution is -2.43. The summed E-state index contributed by atoms with van der Waals surface area (Å²) in [6.45, 7) is 6.82. The second kappa shape index (κ2) is 7.60. The van der Waals surface area contributed by atoms with Crippen LogP contribution in [0.4, 0.5) is 4.39 Å². The van der Waals surface area contributed by atoms with Crippen LogP contribution in [0.5, 0.6) is 0 Å². The maximum atomic E-state index is 13.6. The summed E-state index contributed by atoms with van der Waals surface area (Å²) in [6.07, 6.45) is 0. The fourth-order valence-corrected chi connectivity index (χ4v) is 1.81. The second-order valence-corrected chi connectivity index (χ2v) is 5.89. The van der Waals surface area contributed by atoms with Gasteiger partial charge < -0.3 is 10.6 Å². The molecular weight excluding hydrogens is 311 g/mol. The molecule has 0 saturated heterocycles. The number of benzene rings is 1. The number of nitrogens with one attached hydrogen (secondary N) is 2. The molecule has 0 spiro atoms. The number of carbonyl (C=O) groups is 1. The fourth-order valence-electron chi connectivity index (χ4n) is 1.48. The van der Waals surface area contributed by atoms with Gasteiger partial charge in [-0.05, 0) is 25.0 Å². The van der Waals surface area contributed by atoms with Crippen LogP contribution in [0.25, 0.3) is 0 Å². The molecule has 1 aromatic carbocycles. The minimum Gasteiger partial charge on any atom is -0.354 e. The zero-order chi connectivity index (χ0) is 14.4. The largest absolute Gasteiger partial charge is 0.354 e. The number of hydrogen-bond acceptors (Lipinski definition) is 2. The Labute approximate surface area is 122 Å².